The molecule has 2 aliphatic heterocycles. The summed E-state index contributed by atoms with van der Waals surface area (Å²) < 4.78 is 14.4. The second kappa shape index (κ2) is 9.96. The van der Waals surface area contributed by atoms with Crippen LogP contribution in [-0.2, 0) is 16.6 Å². The number of esters is 1. The van der Waals surface area contributed by atoms with Gasteiger partial charge in [0.05, 0.1) is 11.7 Å². The van der Waals surface area contributed by atoms with Gasteiger partial charge in [-0.15, -0.1) is 0 Å². The highest BCUT2D eigenvalue weighted by Gasteiger charge is 2.64. The maximum absolute atomic E-state index is 13.5. The van der Waals surface area contributed by atoms with E-state index >= 15 is 0 Å². The Kier molecular flexibility index (Phi) is 6.29. The van der Waals surface area contributed by atoms with Gasteiger partial charge in [0.15, 0.2) is 11.5 Å². The second-order valence-corrected chi connectivity index (χ2v) is 13.8. The lowest BCUT2D eigenvalue weighted by atomic mass is 9.52. The number of hydrogen-bond donors (Lipinski definition) is 2. The largest absolute Gasteiger partial charge is 0.504 e. The van der Waals surface area contributed by atoms with Gasteiger partial charge >= 0.3 is 5.97 Å². The third-order valence-electron chi connectivity index (χ3n) is 11.0. The van der Waals surface area contributed by atoms with Crippen LogP contribution in [0.3, 0.4) is 0 Å². The molecule has 4 aromatic rings. The number of carbonyl (C=O) groups is 1. The molecule has 4 aliphatic rings. The Morgan fingerprint density at radius 1 is 1.09 bits per heavy atom. The number of likely N-dealkylation sites (tertiary alicyclic amines) is 1. The van der Waals surface area contributed by atoms with Crippen LogP contribution in [0.25, 0.3) is 16.6 Å². The maximum Gasteiger partial charge on any atom is 0.338 e. The Bertz CT molecular complexity index is 1890. The first-order chi connectivity index (χ1) is 21.6. The van der Waals surface area contributed by atoms with Crippen molar-refractivity contribution in [3.8, 4) is 22.6 Å². The van der Waals surface area contributed by atoms with Gasteiger partial charge in [-0.05, 0) is 87.7 Å². The Morgan fingerprint density at radius 2 is 1.87 bits per heavy atom. The first-order valence-corrected chi connectivity index (χ1v) is 16.1. The fraction of sp³-hybridized carbons (Fsp3) is 0.395. The minimum absolute atomic E-state index is 0.115. The minimum Gasteiger partial charge on any atom is -0.504 e. The van der Waals surface area contributed by atoms with E-state index in [4.69, 9.17) is 9.47 Å². The molecule has 0 amide bonds. The van der Waals surface area contributed by atoms with Gasteiger partial charge in [0, 0.05) is 51.8 Å². The Hall–Kier alpha value is -4.07. The minimum atomic E-state index is -0.731. The lowest BCUT2D eigenvalue weighted by molar-refractivity contribution is -0.0454. The average Bonchev–Trinajstić information content (AvgIpc) is 3.60. The highest BCUT2D eigenvalue weighted by Crippen LogP contribution is 2.63. The van der Waals surface area contributed by atoms with Gasteiger partial charge in [-0.25, -0.2) is 4.79 Å². The van der Waals surface area contributed by atoms with Crippen LogP contribution >= 0.6 is 0 Å². The number of benzene rings is 2. The molecule has 1 spiro atoms. The lowest BCUT2D eigenvalue weighted by Gasteiger charge is -2.56. The van der Waals surface area contributed by atoms with E-state index in [1.54, 1.807) is 0 Å². The summed E-state index contributed by atoms with van der Waals surface area (Å²) in [5.41, 5.74) is 8.39. The predicted molar refractivity (Wildman–Crippen MR) is 173 cm³/mol. The number of aromatic nitrogens is 1. The molecule has 8 rings (SSSR count). The number of aliphatic hydroxyl groups is 1. The zero-order chi connectivity index (χ0) is 31.4. The molecule has 1 unspecified atom stereocenters. The molecule has 45 heavy (non-hydrogen) atoms. The number of piperidine rings is 1. The van der Waals surface area contributed by atoms with Crippen molar-refractivity contribution in [2.75, 3.05) is 13.6 Å². The van der Waals surface area contributed by atoms with E-state index < -0.39 is 12.2 Å². The van der Waals surface area contributed by atoms with Crippen LogP contribution in [-0.4, -0.2) is 63.4 Å². The molecule has 2 N–H and O–H groups in total. The molecule has 7 nitrogen and oxygen atoms in total. The van der Waals surface area contributed by atoms with Crippen molar-refractivity contribution in [3.05, 3.63) is 100 Å². The van der Waals surface area contributed by atoms with E-state index in [2.05, 4.69) is 53.7 Å². The van der Waals surface area contributed by atoms with Crippen LogP contribution in [0, 0.1) is 12.8 Å². The van der Waals surface area contributed by atoms with Crippen LogP contribution in [0.4, 0.5) is 0 Å². The molecule has 1 fully saturated rings. The standard InChI is InChI=1S/C38H40N2O5/c1-20(2)44-37(43)27-16-25-15-24(23-9-7-6-8-10-23)19-40(25)34(22(27)4)21(3)26-18-32(42)35-33-28(26)17-30-29-11-12-31(41)36(45-35)38(29,33)13-14-39(30)5/h6-12,15-16,18-21,29-31,36,41-42H,13-14,17H2,1-5H3/t21?,29-,30+,31-,36-,38-/m0/s1. The van der Waals surface area contributed by atoms with Crippen LogP contribution in [0.2, 0.25) is 0 Å². The molecule has 2 bridgehead atoms. The van der Waals surface area contributed by atoms with E-state index in [1.807, 2.05) is 57.2 Å². The monoisotopic (exact) mass is 604 g/mol. The molecule has 7 heteroatoms. The maximum atomic E-state index is 13.5. The van der Waals surface area contributed by atoms with Crippen molar-refractivity contribution in [1.29, 1.82) is 0 Å². The summed E-state index contributed by atoms with van der Waals surface area (Å²) in [7, 11) is 2.19. The first kappa shape index (κ1) is 28.4. The number of phenols is 1. The molecule has 0 radical (unpaired) electrons. The van der Waals surface area contributed by atoms with Crippen LogP contribution in [0.1, 0.15) is 71.4 Å². The Morgan fingerprint density at radius 3 is 2.62 bits per heavy atom. The van der Waals surface area contributed by atoms with Gasteiger partial charge in [-0.3, -0.25) is 0 Å². The van der Waals surface area contributed by atoms with Crippen molar-refractivity contribution >= 4 is 11.5 Å². The quantitative estimate of drug-likeness (QED) is 0.210. The SMILES string of the molecule is Cc1c(C(=O)OC(C)C)cc2cc(-c3ccccc3)cn2c1C(C)c1cc(O)c2c3c1C[C@@H]1[C@@H]4C=C[C@H](O)[C@H](O2)[C@]34CCN1C. The highest BCUT2D eigenvalue weighted by atomic mass is 16.5. The summed E-state index contributed by atoms with van der Waals surface area (Å²) >= 11 is 0. The van der Waals surface area contributed by atoms with Gasteiger partial charge < -0.3 is 29.0 Å². The van der Waals surface area contributed by atoms with Gasteiger partial charge in [0.25, 0.3) is 0 Å². The Labute approximate surface area is 263 Å². The van der Waals surface area contributed by atoms with Gasteiger partial charge in [-0.1, -0.05) is 49.4 Å². The van der Waals surface area contributed by atoms with Crippen molar-refractivity contribution in [3.63, 3.8) is 0 Å². The van der Waals surface area contributed by atoms with Crippen molar-refractivity contribution in [2.24, 2.45) is 5.92 Å². The number of phenolic OH excluding ortho intramolecular Hbond substituents is 1. The summed E-state index contributed by atoms with van der Waals surface area (Å²) in [5.74, 6) is 0.332. The number of fused-ring (bicyclic) bond motifs is 1. The molecule has 2 aliphatic carbocycles. The average molecular weight is 605 g/mol. The molecule has 6 atom stereocenters. The zero-order valence-electron chi connectivity index (χ0n) is 26.4. The topological polar surface area (TPSA) is 83.6 Å². The van der Waals surface area contributed by atoms with Crippen molar-refractivity contribution in [2.45, 2.75) is 76.2 Å². The van der Waals surface area contributed by atoms with Gasteiger partial charge in [0.2, 0.25) is 0 Å². The smallest absolute Gasteiger partial charge is 0.338 e. The number of pyridine rings is 1. The molecule has 232 valence electrons. The summed E-state index contributed by atoms with van der Waals surface area (Å²) in [5, 5.41) is 22.7. The summed E-state index contributed by atoms with van der Waals surface area (Å²) in [4.78, 5) is 15.9. The number of hydrogen-bond acceptors (Lipinski definition) is 6. The number of ether oxygens (including phenoxy) is 2. The van der Waals surface area contributed by atoms with E-state index in [-0.39, 0.29) is 41.1 Å². The van der Waals surface area contributed by atoms with E-state index in [1.165, 1.54) is 5.56 Å². The third-order valence-corrected chi connectivity index (χ3v) is 11.0. The molecule has 2 aromatic carbocycles. The third kappa shape index (κ3) is 3.93. The summed E-state index contributed by atoms with van der Waals surface area (Å²) in [6, 6.07) is 16.4. The fourth-order valence-electron chi connectivity index (χ4n) is 9.07. The van der Waals surface area contributed by atoms with Crippen LogP contribution in [0.15, 0.2) is 66.9 Å². The van der Waals surface area contributed by atoms with Gasteiger partial charge in [0.1, 0.15) is 12.2 Å². The molecule has 4 heterocycles. The van der Waals surface area contributed by atoms with E-state index in [0.717, 1.165) is 58.4 Å². The van der Waals surface area contributed by atoms with Crippen molar-refractivity contribution < 1.29 is 24.5 Å². The lowest BCUT2D eigenvalue weighted by Crippen LogP contribution is -2.64. The predicted octanol–water partition coefficient (Wildman–Crippen LogP) is 6.14. The van der Waals surface area contributed by atoms with Crippen LogP contribution < -0.4 is 4.74 Å². The van der Waals surface area contributed by atoms with E-state index in [9.17, 15) is 15.0 Å². The number of aromatic hydroxyl groups is 1. The first-order valence-electron chi connectivity index (χ1n) is 16.1. The number of aliphatic hydroxyl groups excluding tert-OH is 1. The number of nitrogens with zero attached hydrogens (tertiary/aromatic N) is 2. The molecule has 0 saturated carbocycles. The zero-order valence-corrected chi connectivity index (χ0v) is 26.4. The Balaban J connectivity index is 1.36. The fourth-order valence-corrected chi connectivity index (χ4v) is 9.07. The highest BCUT2D eigenvalue weighted by molar-refractivity contribution is 5.93. The summed E-state index contributed by atoms with van der Waals surface area (Å²) in [6.45, 7) is 8.82. The molecular weight excluding hydrogens is 564 g/mol. The number of carbonyl (C=O) groups excluding carboxylic acids is 1. The molecule has 2 aromatic heterocycles. The second-order valence-electron chi connectivity index (χ2n) is 13.8. The summed E-state index contributed by atoms with van der Waals surface area (Å²) in [6.07, 6.45) is 6.51. The van der Waals surface area contributed by atoms with Crippen molar-refractivity contribution in [1.82, 2.24) is 9.30 Å². The normalized spacial score (nSPS) is 27.0. The van der Waals surface area contributed by atoms with Crippen LogP contribution in [0.5, 0.6) is 11.5 Å². The molecule has 1 saturated heterocycles. The van der Waals surface area contributed by atoms with Gasteiger partial charge in [-0.2, -0.15) is 0 Å². The molecular formula is C38H40N2O5. The van der Waals surface area contributed by atoms with E-state index in [0.29, 0.717) is 11.3 Å². The number of rotatable bonds is 5. The number of likely N-dealkylation sites (N-methyl/N-ethyl adjacent to an activating group) is 1.